The molecule has 1 aromatic heterocycles. The van der Waals surface area contributed by atoms with Crippen LogP contribution in [0.5, 0.6) is 0 Å². The monoisotopic (exact) mass is 482 g/mol. The number of benzene rings is 1. The highest BCUT2D eigenvalue weighted by atomic mass is 35.5. The van der Waals surface area contributed by atoms with Gasteiger partial charge in [-0.15, -0.1) is 0 Å². The van der Waals surface area contributed by atoms with E-state index >= 15 is 0 Å². The molecule has 3 N–H and O–H groups in total. The van der Waals surface area contributed by atoms with Crippen LogP contribution in [0.3, 0.4) is 0 Å². The Bertz CT molecular complexity index is 1020. The number of ketones is 2. The standard InChI is InChI=1S/C21H21Cl3N4O3/c1-21(2,3)20(28-19(31)10-7-11(22)9-12(23)8-10)27-15-14(16(29)17(15)30)26-13-5-4-6-25-18(13)24/h4-9,14-15,20,26-27H,1-3H3,(H,28,31)/t14?,15?,20-/m1/s1. The molecule has 1 aliphatic rings. The van der Waals surface area contributed by atoms with Crippen LogP contribution in [0.15, 0.2) is 36.5 Å². The second-order valence-electron chi connectivity index (χ2n) is 8.27. The van der Waals surface area contributed by atoms with E-state index in [2.05, 4.69) is 20.9 Å². The molecule has 10 heteroatoms. The van der Waals surface area contributed by atoms with Crippen LogP contribution in [0.1, 0.15) is 31.1 Å². The van der Waals surface area contributed by atoms with Crippen molar-refractivity contribution in [1.82, 2.24) is 15.6 Å². The molecule has 7 nitrogen and oxygen atoms in total. The Labute approximate surface area is 194 Å². The average Bonchev–Trinajstić information content (AvgIpc) is 2.68. The molecule has 0 spiro atoms. The van der Waals surface area contributed by atoms with E-state index in [0.29, 0.717) is 15.7 Å². The number of hydrogen-bond donors (Lipinski definition) is 3. The maximum absolute atomic E-state index is 12.8. The summed E-state index contributed by atoms with van der Waals surface area (Å²) in [5.41, 5.74) is 0.223. The van der Waals surface area contributed by atoms with Crippen LogP contribution >= 0.6 is 34.8 Å². The van der Waals surface area contributed by atoms with Gasteiger partial charge in [-0.05, 0) is 35.7 Å². The van der Waals surface area contributed by atoms with E-state index in [1.807, 2.05) is 20.8 Å². The summed E-state index contributed by atoms with van der Waals surface area (Å²) in [5.74, 6) is -1.57. The first kappa shape index (κ1) is 23.5. The van der Waals surface area contributed by atoms with E-state index in [4.69, 9.17) is 34.8 Å². The van der Waals surface area contributed by atoms with Crippen molar-refractivity contribution in [2.75, 3.05) is 5.32 Å². The highest BCUT2D eigenvalue weighted by molar-refractivity contribution is 6.49. The minimum absolute atomic E-state index is 0.187. The normalized spacial score (nSPS) is 19.5. The van der Waals surface area contributed by atoms with Crippen molar-refractivity contribution >= 4 is 58.0 Å². The predicted molar refractivity (Wildman–Crippen MR) is 121 cm³/mol. The second kappa shape index (κ2) is 9.12. The van der Waals surface area contributed by atoms with Crippen LogP contribution in [0.4, 0.5) is 5.69 Å². The maximum Gasteiger partial charge on any atom is 0.252 e. The first-order valence-electron chi connectivity index (χ1n) is 9.45. The number of pyridine rings is 1. The summed E-state index contributed by atoms with van der Waals surface area (Å²) in [6.45, 7) is 5.67. The fourth-order valence-corrected chi connectivity index (χ4v) is 3.78. The lowest BCUT2D eigenvalue weighted by Gasteiger charge is -2.41. The van der Waals surface area contributed by atoms with Gasteiger partial charge in [-0.1, -0.05) is 55.6 Å². The number of anilines is 1. The molecule has 1 aliphatic carbocycles. The highest BCUT2D eigenvalue weighted by Crippen LogP contribution is 2.26. The first-order chi connectivity index (χ1) is 14.5. The summed E-state index contributed by atoms with van der Waals surface area (Å²) in [6.07, 6.45) is 0.873. The summed E-state index contributed by atoms with van der Waals surface area (Å²) in [4.78, 5) is 41.3. The fraction of sp³-hybridized carbons (Fsp3) is 0.333. The lowest BCUT2D eigenvalue weighted by Crippen LogP contribution is -2.71. The third-order valence-electron chi connectivity index (χ3n) is 4.82. The smallest absolute Gasteiger partial charge is 0.252 e. The SMILES string of the molecule is CC(C)(C)[C@@H](NC(=O)c1cc(Cl)cc(Cl)c1)NC1C(=O)C(=O)C1Nc1cccnc1Cl. The second-order valence-corrected chi connectivity index (χ2v) is 9.50. The van der Waals surface area contributed by atoms with Crippen LogP contribution in [0.2, 0.25) is 15.2 Å². The van der Waals surface area contributed by atoms with E-state index in [9.17, 15) is 14.4 Å². The zero-order chi connectivity index (χ0) is 22.9. The van der Waals surface area contributed by atoms with Crippen molar-refractivity contribution in [3.63, 3.8) is 0 Å². The minimum Gasteiger partial charge on any atom is -0.371 e. The third-order valence-corrected chi connectivity index (χ3v) is 5.56. The molecule has 1 fully saturated rings. The number of carbonyl (C=O) groups excluding carboxylic acids is 3. The Balaban J connectivity index is 1.78. The number of nitrogens with one attached hydrogen (secondary N) is 3. The number of carbonyl (C=O) groups is 3. The number of aromatic nitrogens is 1. The molecule has 31 heavy (non-hydrogen) atoms. The first-order valence-corrected chi connectivity index (χ1v) is 10.6. The van der Waals surface area contributed by atoms with Crippen LogP contribution in [-0.4, -0.2) is 40.7 Å². The largest absolute Gasteiger partial charge is 0.371 e. The molecule has 1 aromatic carbocycles. The molecule has 0 aliphatic heterocycles. The molecule has 164 valence electrons. The van der Waals surface area contributed by atoms with Crippen LogP contribution in [0.25, 0.3) is 0 Å². The van der Waals surface area contributed by atoms with E-state index in [1.54, 1.807) is 12.1 Å². The van der Waals surface area contributed by atoms with Gasteiger partial charge in [0.2, 0.25) is 11.6 Å². The van der Waals surface area contributed by atoms with Crippen LogP contribution in [-0.2, 0) is 9.59 Å². The Morgan fingerprint density at radius 3 is 2.23 bits per heavy atom. The van der Waals surface area contributed by atoms with Crippen molar-refractivity contribution in [2.45, 2.75) is 39.0 Å². The Kier molecular flexibility index (Phi) is 6.91. The van der Waals surface area contributed by atoms with Crippen molar-refractivity contribution in [3.8, 4) is 0 Å². The van der Waals surface area contributed by atoms with Gasteiger partial charge in [-0.25, -0.2) is 4.98 Å². The van der Waals surface area contributed by atoms with Crippen molar-refractivity contribution in [2.24, 2.45) is 5.41 Å². The molecular formula is C21H21Cl3N4O3. The van der Waals surface area contributed by atoms with E-state index in [0.717, 1.165) is 0 Å². The summed E-state index contributed by atoms with van der Waals surface area (Å²) >= 11 is 18.0. The lowest BCUT2D eigenvalue weighted by molar-refractivity contribution is -0.146. The molecule has 2 unspecified atom stereocenters. The van der Waals surface area contributed by atoms with Gasteiger partial charge in [0.05, 0.1) is 11.9 Å². The van der Waals surface area contributed by atoms with Crippen LogP contribution < -0.4 is 16.0 Å². The molecule has 2 aromatic rings. The predicted octanol–water partition coefficient (Wildman–Crippen LogP) is 3.73. The number of halogens is 3. The summed E-state index contributed by atoms with van der Waals surface area (Å²) in [6, 6.07) is 6.15. The van der Waals surface area contributed by atoms with Gasteiger partial charge in [0.15, 0.2) is 5.15 Å². The summed E-state index contributed by atoms with van der Waals surface area (Å²) < 4.78 is 0. The maximum atomic E-state index is 12.8. The molecule has 1 saturated carbocycles. The molecule has 0 saturated heterocycles. The van der Waals surface area contributed by atoms with Crippen molar-refractivity contribution in [3.05, 3.63) is 57.3 Å². The molecule has 3 rings (SSSR count). The molecule has 0 radical (unpaired) electrons. The number of Topliss-reactive ketones (excluding diaryl/α,β-unsaturated/α-hetero) is 2. The summed E-state index contributed by atoms with van der Waals surface area (Å²) in [7, 11) is 0. The number of nitrogens with zero attached hydrogens (tertiary/aromatic N) is 1. The van der Waals surface area contributed by atoms with Crippen molar-refractivity contribution in [1.29, 1.82) is 0 Å². The van der Waals surface area contributed by atoms with Gasteiger partial charge >= 0.3 is 0 Å². The van der Waals surface area contributed by atoms with E-state index < -0.39 is 41.1 Å². The third kappa shape index (κ3) is 5.36. The Hall–Kier alpha value is -2.19. The zero-order valence-electron chi connectivity index (χ0n) is 17.0. The average molecular weight is 484 g/mol. The summed E-state index contributed by atoms with van der Waals surface area (Å²) in [5, 5.41) is 9.76. The van der Waals surface area contributed by atoms with Crippen molar-refractivity contribution < 1.29 is 14.4 Å². The Morgan fingerprint density at radius 1 is 1.03 bits per heavy atom. The number of amides is 1. The van der Waals surface area contributed by atoms with Gasteiger partial charge in [0.25, 0.3) is 5.91 Å². The number of hydrogen-bond acceptors (Lipinski definition) is 6. The zero-order valence-corrected chi connectivity index (χ0v) is 19.3. The van der Waals surface area contributed by atoms with Gasteiger partial charge in [0, 0.05) is 21.8 Å². The fourth-order valence-electron chi connectivity index (χ4n) is 3.08. The quantitative estimate of drug-likeness (QED) is 0.329. The molecule has 0 bridgehead atoms. The molecule has 3 atom stereocenters. The van der Waals surface area contributed by atoms with E-state index in [-0.39, 0.29) is 10.7 Å². The lowest BCUT2D eigenvalue weighted by atomic mass is 9.81. The van der Waals surface area contributed by atoms with Gasteiger partial charge in [0.1, 0.15) is 12.1 Å². The topological polar surface area (TPSA) is 100 Å². The molecule has 1 heterocycles. The minimum atomic E-state index is -0.851. The van der Waals surface area contributed by atoms with Gasteiger partial charge < -0.3 is 10.6 Å². The Morgan fingerprint density at radius 2 is 1.65 bits per heavy atom. The van der Waals surface area contributed by atoms with Gasteiger partial charge in [-0.3, -0.25) is 19.7 Å². The van der Waals surface area contributed by atoms with Crippen LogP contribution in [0, 0.1) is 5.41 Å². The van der Waals surface area contributed by atoms with Gasteiger partial charge in [-0.2, -0.15) is 0 Å². The number of rotatable bonds is 6. The molecule has 1 amide bonds. The van der Waals surface area contributed by atoms with E-state index in [1.165, 1.54) is 24.4 Å². The highest BCUT2D eigenvalue weighted by Gasteiger charge is 2.51. The molecular weight excluding hydrogens is 463 g/mol.